The van der Waals surface area contributed by atoms with E-state index in [-0.39, 0.29) is 6.04 Å². The fourth-order valence-electron chi connectivity index (χ4n) is 2.24. The van der Waals surface area contributed by atoms with E-state index in [0.717, 1.165) is 22.2 Å². The van der Waals surface area contributed by atoms with Gasteiger partial charge in [-0.1, -0.05) is 45.7 Å². The number of nitrogens with zero attached hydrogens (tertiary/aromatic N) is 2. The molecule has 0 saturated heterocycles. The minimum absolute atomic E-state index is 0.205. The molecule has 1 atom stereocenters. The lowest BCUT2D eigenvalue weighted by Crippen LogP contribution is -2.19. The van der Waals surface area contributed by atoms with E-state index in [4.69, 9.17) is 11.6 Å². The zero-order valence-corrected chi connectivity index (χ0v) is 13.6. The van der Waals surface area contributed by atoms with E-state index in [1.54, 1.807) is 4.68 Å². The SMILES string of the molecule is CNC(Cc1c(C)nn(C)c1Cl)c1ccccc1Br. The van der Waals surface area contributed by atoms with Crippen LogP contribution < -0.4 is 5.32 Å². The lowest BCUT2D eigenvalue weighted by molar-refractivity contribution is 0.588. The Morgan fingerprint density at radius 2 is 2.11 bits per heavy atom. The number of rotatable bonds is 4. The van der Waals surface area contributed by atoms with E-state index in [1.165, 1.54) is 5.56 Å². The van der Waals surface area contributed by atoms with Crippen molar-refractivity contribution < 1.29 is 0 Å². The lowest BCUT2D eigenvalue weighted by Gasteiger charge is -2.18. The van der Waals surface area contributed by atoms with Crippen LogP contribution in [0.5, 0.6) is 0 Å². The molecule has 0 radical (unpaired) electrons. The molecular weight excluding hydrogens is 326 g/mol. The Morgan fingerprint density at radius 1 is 1.42 bits per heavy atom. The second-order valence-electron chi connectivity index (χ2n) is 4.55. The van der Waals surface area contributed by atoms with Gasteiger partial charge in [-0.25, -0.2) is 0 Å². The highest BCUT2D eigenvalue weighted by molar-refractivity contribution is 9.10. The van der Waals surface area contributed by atoms with Crippen LogP contribution in [-0.4, -0.2) is 16.8 Å². The van der Waals surface area contributed by atoms with Crippen molar-refractivity contribution in [3.63, 3.8) is 0 Å². The van der Waals surface area contributed by atoms with Gasteiger partial charge in [0.1, 0.15) is 5.15 Å². The fraction of sp³-hybridized carbons (Fsp3) is 0.357. The highest BCUT2D eigenvalue weighted by atomic mass is 79.9. The minimum Gasteiger partial charge on any atom is -0.313 e. The first-order valence-electron chi connectivity index (χ1n) is 6.14. The Labute approximate surface area is 127 Å². The van der Waals surface area contributed by atoms with Crippen LogP contribution >= 0.6 is 27.5 Å². The summed E-state index contributed by atoms with van der Waals surface area (Å²) in [5.41, 5.74) is 3.31. The molecule has 1 N–H and O–H groups in total. The molecule has 1 aromatic carbocycles. The standard InChI is InChI=1S/C14H17BrClN3/c1-9-11(14(16)19(3)18-9)8-13(17-2)10-6-4-5-7-12(10)15/h4-7,13,17H,8H2,1-3H3. The van der Waals surface area contributed by atoms with E-state index in [2.05, 4.69) is 38.5 Å². The van der Waals surface area contributed by atoms with Crippen molar-refractivity contribution in [3.8, 4) is 0 Å². The second kappa shape index (κ2) is 6.07. The van der Waals surface area contributed by atoms with Gasteiger partial charge in [0.15, 0.2) is 0 Å². The van der Waals surface area contributed by atoms with Gasteiger partial charge in [-0.3, -0.25) is 4.68 Å². The van der Waals surface area contributed by atoms with Crippen LogP contribution in [0.15, 0.2) is 28.7 Å². The van der Waals surface area contributed by atoms with Gasteiger partial charge in [0, 0.05) is 23.1 Å². The van der Waals surface area contributed by atoms with Gasteiger partial charge >= 0.3 is 0 Å². The van der Waals surface area contributed by atoms with Gasteiger partial charge in [0.05, 0.1) is 5.69 Å². The molecule has 1 aromatic heterocycles. The van der Waals surface area contributed by atoms with E-state index in [0.29, 0.717) is 5.15 Å². The summed E-state index contributed by atoms with van der Waals surface area (Å²) in [4.78, 5) is 0. The van der Waals surface area contributed by atoms with Crippen molar-refractivity contribution in [2.24, 2.45) is 7.05 Å². The molecule has 0 fully saturated rings. The van der Waals surface area contributed by atoms with E-state index in [1.807, 2.05) is 33.2 Å². The highest BCUT2D eigenvalue weighted by Gasteiger charge is 2.18. The maximum atomic E-state index is 6.30. The van der Waals surface area contributed by atoms with Crippen LogP contribution in [0.2, 0.25) is 5.15 Å². The van der Waals surface area contributed by atoms with Gasteiger partial charge in [-0.05, 0) is 32.0 Å². The molecule has 0 aliphatic heterocycles. The van der Waals surface area contributed by atoms with Crippen molar-refractivity contribution >= 4 is 27.5 Å². The van der Waals surface area contributed by atoms with Gasteiger partial charge in [-0.2, -0.15) is 5.10 Å². The maximum Gasteiger partial charge on any atom is 0.130 e. The molecule has 102 valence electrons. The highest BCUT2D eigenvalue weighted by Crippen LogP contribution is 2.29. The maximum absolute atomic E-state index is 6.30. The summed E-state index contributed by atoms with van der Waals surface area (Å²) in [5, 5.41) is 8.42. The summed E-state index contributed by atoms with van der Waals surface area (Å²) in [5.74, 6) is 0. The van der Waals surface area contributed by atoms with Crippen LogP contribution in [-0.2, 0) is 13.5 Å². The number of halogens is 2. The van der Waals surface area contributed by atoms with Gasteiger partial charge in [0.2, 0.25) is 0 Å². The Kier molecular flexibility index (Phi) is 4.66. The van der Waals surface area contributed by atoms with Crippen LogP contribution in [0, 0.1) is 6.92 Å². The number of nitrogens with one attached hydrogen (secondary N) is 1. The third-order valence-electron chi connectivity index (χ3n) is 3.31. The number of hydrogen-bond acceptors (Lipinski definition) is 2. The minimum atomic E-state index is 0.205. The first-order valence-corrected chi connectivity index (χ1v) is 7.31. The van der Waals surface area contributed by atoms with Crippen LogP contribution in [0.3, 0.4) is 0 Å². The van der Waals surface area contributed by atoms with Crippen molar-refractivity contribution in [2.45, 2.75) is 19.4 Å². The quantitative estimate of drug-likeness (QED) is 0.919. The molecule has 2 rings (SSSR count). The van der Waals surface area contributed by atoms with Crippen LogP contribution in [0.1, 0.15) is 22.9 Å². The van der Waals surface area contributed by atoms with Crippen molar-refractivity contribution in [2.75, 3.05) is 7.05 Å². The average Bonchev–Trinajstić information content (AvgIpc) is 2.63. The molecule has 0 bridgehead atoms. The summed E-state index contributed by atoms with van der Waals surface area (Å²) < 4.78 is 2.82. The Balaban J connectivity index is 2.32. The Bertz CT molecular complexity index is 580. The monoisotopic (exact) mass is 341 g/mol. The first kappa shape index (κ1) is 14.6. The number of aromatic nitrogens is 2. The molecule has 5 heteroatoms. The zero-order chi connectivity index (χ0) is 14.0. The predicted molar refractivity (Wildman–Crippen MR) is 82.6 cm³/mol. The molecule has 19 heavy (non-hydrogen) atoms. The van der Waals surface area contributed by atoms with Crippen LogP contribution in [0.25, 0.3) is 0 Å². The van der Waals surface area contributed by atoms with Gasteiger partial charge in [0.25, 0.3) is 0 Å². The molecule has 0 amide bonds. The molecule has 0 aliphatic rings. The molecule has 1 unspecified atom stereocenters. The first-order chi connectivity index (χ1) is 9.04. The lowest BCUT2D eigenvalue weighted by atomic mass is 9.99. The van der Waals surface area contributed by atoms with E-state index < -0.39 is 0 Å². The van der Waals surface area contributed by atoms with Gasteiger partial charge < -0.3 is 5.32 Å². The summed E-state index contributed by atoms with van der Waals surface area (Å²) in [6, 6.07) is 8.43. The third-order valence-corrected chi connectivity index (χ3v) is 4.50. The Hall–Kier alpha value is -0.840. The zero-order valence-electron chi connectivity index (χ0n) is 11.2. The van der Waals surface area contributed by atoms with Crippen molar-refractivity contribution in [1.82, 2.24) is 15.1 Å². The molecule has 2 aromatic rings. The smallest absolute Gasteiger partial charge is 0.130 e. The molecule has 0 spiro atoms. The summed E-state index contributed by atoms with van der Waals surface area (Å²) in [6.45, 7) is 1.99. The Morgan fingerprint density at radius 3 is 2.63 bits per heavy atom. The predicted octanol–water partition coefficient (Wildman–Crippen LogP) is 3.65. The molecule has 1 heterocycles. The van der Waals surface area contributed by atoms with E-state index >= 15 is 0 Å². The number of hydrogen-bond donors (Lipinski definition) is 1. The molecule has 3 nitrogen and oxygen atoms in total. The number of benzene rings is 1. The van der Waals surface area contributed by atoms with Crippen LogP contribution in [0.4, 0.5) is 0 Å². The van der Waals surface area contributed by atoms with Gasteiger partial charge in [-0.15, -0.1) is 0 Å². The third kappa shape index (κ3) is 3.02. The van der Waals surface area contributed by atoms with Crippen molar-refractivity contribution in [3.05, 3.63) is 50.7 Å². The fourth-order valence-corrected chi connectivity index (χ4v) is 3.05. The normalized spacial score (nSPS) is 12.7. The summed E-state index contributed by atoms with van der Waals surface area (Å²) >= 11 is 9.90. The molecular formula is C14H17BrClN3. The second-order valence-corrected chi connectivity index (χ2v) is 5.76. The number of aryl methyl sites for hydroxylation is 2. The summed E-state index contributed by atoms with van der Waals surface area (Å²) in [6.07, 6.45) is 0.817. The molecule has 0 saturated carbocycles. The van der Waals surface area contributed by atoms with E-state index in [9.17, 15) is 0 Å². The average molecular weight is 343 g/mol. The molecule has 0 aliphatic carbocycles. The summed E-state index contributed by atoms with van der Waals surface area (Å²) in [7, 11) is 3.83. The van der Waals surface area contributed by atoms with Crippen molar-refractivity contribution in [1.29, 1.82) is 0 Å². The topological polar surface area (TPSA) is 29.9 Å². The number of likely N-dealkylation sites (N-methyl/N-ethyl adjacent to an activating group) is 1. The largest absolute Gasteiger partial charge is 0.313 e.